The van der Waals surface area contributed by atoms with E-state index in [9.17, 15) is 9.59 Å². The molecule has 1 amide bonds. The lowest BCUT2D eigenvalue weighted by atomic mass is 10.2. The number of aryl methyl sites for hydroxylation is 1. The van der Waals surface area contributed by atoms with E-state index in [0.29, 0.717) is 40.7 Å². The van der Waals surface area contributed by atoms with Gasteiger partial charge in [0, 0.05) is 29.4 Å². The molecule has 1 aromatic carbocycles. The maximum absolute atomic E-state index is 12.2. The smallest absolute Gasteiger partial charge is 0.256 e. The van der Waals surface area contributed by atoms with Gasteiger partial charge in [-0.25, -0.2) is 4.98 Å². The van der Waals surface area contributed by atoms with Crippen LogP contribution in [0.3, 0.4) is 0 Å². The third-order valence-electron chi connectivity index (χ3n) is 3.56. The normalized spacial score (nSPS) is 10.4. The Morgan fingerprint density at radius 1 is 1.39 bits per heavy atom. The van der Waals surface area contributed by atoms with Crippen LogP contribution < -0.4 is 15.6 Å². The van der Waals surface area contributed by atoms with Gasteiger partial charge in [-0.05, 0) is 32.0 Å². The molecule has 2 rings (SSSR count). The van der Waals surface area contributed by atoms with E-state index in [0.717, 1.165) is 0 Å². The number of hydrogen-bond donors (Lipinski definition) is 1. The van der Waals surface area contributed by atoms with Gasteiger partial charge in [-0.2, -0.15) is 0 Å². The molecule has 1 N–H and O–H groups in total. The Morgan fingerprint density at radius 3 is 2.83 bits per heavy atom. The van der Waals surface area contributed by atoms with Gasteiger partial charge in [0.2, 0.25) is 0 Å². The summed E-state index contributed by atoms with van der Waals surface area (Å²) in [5.41, 5.74) is 1.56. The van der Waals surface area contributed by atoms with Crippen LogP contribution in [0.2, 0.25) is 5.02 Å². The van der Waals surface area contributed by atoms with Gasteiger partial charge < -0.3 is 10.1 Å². The van der Waals surface area contributed by atoms with Gasteiger partial charge in [0.05, 0.1) is 19.0 Å². The summed E-state index contributed by atoms with van der Waals surface area (Å²) in [6.45, 7) is 4.14. The van der Waals surface area contributed by atoms with E-state index in [-0.39, 0.29) is 11.5 Å². The second-order valence-electron chi connectivity index (χ2n) is 5.05. The van der Waals surface area contributed by atoms with Crippen LogP contribution in [0.1, 0.15) is 21.6 Å². The lowest BCUT2D eigenvalue weighted by Crippen LogP contribution is -2.32. The Labute approximate surface area is 139 Å². The molecule has 6 nitrogen and oxygen atoms in total. The second kappa shape index (κ2) is 7.28. The molecule has 1 aromatic heterocycles. The quantitative estimate of drug-likeness (QED) is 0.906. The molecule has 0 saturated carbocycles. The van der Waals surface area contributed by atoms with Gasteiger partial charge >= 0.3 is 0 Å². The minimum absolute atomic E-state index is 0.105. The van der Waals surface area contributed by atoms with E-state index in [1.165, 1.54) is 18.0 Å². The fraction of sp³-hybridized carbons (Fsp3) is 0.312. The van der Waals surface area contributed by atoms with Crippen molar-refractivity contribution in [1.82, 2.24) is 14.9 Å². The summed E-state index contributed by atoms with van der Waals surface area (Å²) in [6.07, 6.45) is 1.48. The Kier molecular flexibility index (Phi) is 5.39. The SMILES string of the molecule is COc1ccc(Cl)cc1C(=O)NCCn1cnc(C)c(C)c1=O. The molecular formula is C16H18ClN3O3. The Morgan fingerprint density at radius 2 is 2.13 bits per heavy atom. The van der Waals surface area contributed by atoms with E-state index < -0.39 is 0 Å². The first-order valence-corrected chi connectivity index (χ1v) is 7.46. The van der Waals surface area contributed by atoms with E-state index in [4.69, 9.17) is 16.3 Å². The first-order valence-electron chi connectivity index (χ1n) is 7.08. The van der Waals surface area contributed by atoms with Gasteiger partial charge in [0.25, 0.3) is 11.5 Å². The van der Waals surface area contributed by atoms with Gasteiger partial charge in [-0.15, -0.1) is 0 Å². The highest BCUT2D eigenvalue weighted by atomic mass is 35.5. The zero-order chi connectivity index (χ0) is 17.0. The molecule has 0 radical (unpaired) electrons. The number of carbonyl (C=O) groups excluding carboxylic acids is 1. The molecule has 0 aliphatic heterocycles. The number of methoxy groups -OCH3 is 1. The molecule has 0 fully saturated rings. The van der Waals surface area contributed by atoms with Crippen molar-refractivity contribution < 1.29 is 9.53 Å². The molecule has 2 aromatic rings. The lowest BCUT2D eigenvalue weighted by molar-refractivity contribution is 0.0949. The maximum atomic E-state index is 12.2. The largest absolute Gasteiger partial charge is 0.496 e. The summed E-state index contributed by atoms with van der Waals surface area (Å²) >= 11 is 5.91. The van der Waals surface area contributed by atoms with Crippen molar-refractivity contribution in [1.29, 1.82) is 0 Å². The van der Waals surface area contributed by atoms with Crippen molar-refractivity contribution in [3.05, 3.63) is 56.7 Å². The molecule has 0 unspecified atom stereocenters. The summed E-state index contributed by atoms with van der Waals surface area (Å²) in [6, 6.07) is 4.83. The average Bonchev–Trinajstić information content (AvgIpc) is 2.54. The van der Waals surface area contributed by atoms with E-state index >= 15 is 0 Å². The van der Waals surface area contributed by atoms with Crippen LogP contribution in [0, 0.1) is 13.8 Å². The zero-order valence-electron chi connectivity index (χ0n) is 13.2. The number of carbonyl (C=O) groups is 1. The van der Waals surface area contributed by atoms with Crippen LogP contribution in [-0.2, 0) is 6.54 Å². The third kappa shape index (κ3) is 3.90. The van der Waals surface area contributed by atoms with Gasteiger partial charge in [-0.1, -0.05) is 11.6 Å². The highest BCUT2D eigenvalue weighted by molar-refractivity contribution is 6.31. The van der Waals surface area contributed by atoms with Gasteiger partial charge in [-0.3, -0.25) is 14.2 Å². The standard InChI is InChI=1S/C16H18ClN3O3/c1-10-11(2)19-9-20(16(10)22)7-6-18-15(21)13-8-12(17)4-5-14(13)23-3/h4-5,8-9H,6-7H2,1-3H3,(H,18,21). The number of amides is 1. The summed E-state index contributed by atoms with van der Waals surface area (Å²) < 4.78 is 6.62. The van der Waals surface area contributed by atoms with Crippen LogP contribution in [0.5, 0.6) is 5.75 Å². The Bertz CT molecular complexity index is 787. The topological polar surface area (TPSA) is 73.2 Å². The first kappa shape index (κ1) is 17.0. The van der Waals surface area contributed by atoms with E-state index in [1.807, 2.05) is 0 Å². The lowest BCUT2D eigenvalue weighted by Gasteiger charge is -2.11. The molecule has 122 valence electrons. The number of aromatic nitrogens is 2. The predicted octanol–water partition coefficient (Wildman–Crippen LogP) is 1.95. The Hall–Kier alpha value is -2.34. The molecular weight excluding hydrogens is 318 g/mol. The van der Waals surface area contributed by atoms with Crippen LogP contribution in [0.4, 0.5) is 0 Å². The van der Waals surface area contributed by atoms with Crippen molar-refractivity contribution in [2.75, 3.05) is 13.7 Å². The molecule has 0 aliphatic rings. The molecule has 7 heteroatoms. The van der Waals surface area contributed by atoms with Crippen molar-refractivity contribution in [3.63, 3.8) is 0 Å². The Balaban J connectivity index is 2.05. The molecule has 23 heavy (non-hydrogen) atoms. The maximum Gasteiger partial charge on any atom is 0.256 e. The molecule has 0 atom stereocenters. The summed E-state index contributed by atoms with van der Waals surface area (Å²) in [5, 5.41) is 3.20. The fourth-order valence-electron chi connectivity index (χ4n) is 2.08. The zero-order valence-corrected chi connectivity index (χ0v) is 14.0. The molecule has 1 heterocycles. The van der Waals surface area contributed by atoms with Crippen molar-refractivity contribution in [3.8, 4) is 5.75 Å². The number of nitrogens with zero attached hydrogens (tertiary/aromatic N) is 2. The summed E-state index contributed by atoms with van der Waals surface area (Å²) in [7, 11) is 1.49. The molecule has 0 saturated heterocycles. The third-order valence-corrected chi connectivity index (χ3v) is 3.79. The molecule has 0 spiro atoms. The number of rotatable bonds is 5. The summed E-state index contributed by atoms with van der Waals surface area (Å²) in [5.74, 6) is 0.131. The van der Waals surface area contributed by atoms with E-state index in [1.54, 1.807) is 32.0 Å². The number of nitrogens with one attached hydrogen (secondary N) is 1. The number of hydrogen-bond acceptors (Lipinski definition) is 4. The van der Waals surface area contributed by atoms with E-state index in [2.05, 4.69) is 10.3 Å². The predicted molar refractivity (Wildman–Crippen MR) is 88.3 cm³/mol. The highest BCUT2D eigenvalue weighted by Gasteiger charge is 2.12. The average molecular weight is 336 g/mol. The van der Waals surface area contributed by atoms with Gasteiger partial charge in [0.15, 0.2) is 0 Å². The van der Waals surface area contributed by atoms with Gasteiger partial charge in [0.1, 0.15) is 5.75 Å². The summed E-state index contributed by atoms with van der Waals surface area (Å²) in [4.78, 5) is 28.4. The van der Waals surface area contributed by atoms with Crippen molar-refractivity contribution in [2.24, 2.45) is 0 Å². The first-order chi connectivity index (χ1) is 10.9. The minimum atomic E-state index is -0.311. The fourth-order valence-corrected chi connectivity index (χ4v) is 2.25. The van der Waals surface area contributed by atoms with Crippen molar-refractivity contribution >= 4 is 17.5 Å². The minimum Gasteiger partial charge on any atom is -0.496 e. The van der Waals surface area contributed by atoms with Crippen molar-refractivity contribution in [2.45, 2.75) is 20.4 Å². The van der Waals surface area contributed by atoms with Crippen LogP contribution in [0.25, 0.3) is 0 Å². The molecule has 0 bridgehead atoms. The monoisotopic (exact) mass is 335 g/mol. The highest BCUT2D eigenvalue weighted by Crippen LogP contribution is 2.22. The van der Waals surface area contributed by atoms with Crippen LogP contribution in [-0.4, -0.2) is 29.1 Å². The number of ether oxygens (including phenoxy) is 1. The van der Waals surface area contributed by atoms with Crippen LogP contribution in [0.15, 0.2) is 29.3 Å². The van der Waals surface area contributed by atoms with Crippen LogP contribution >= 0.6 is 11.6 Å². The second-order valence-corrected chi connectivity index (χ2v) is 5.49. The molecule has 0 aliphatic carbocycles. The number of halogens is 1. The number of benzene rings is 1.